The second kappa shape index (κ2) is 7.34. The molecule has 1 unspecified atom stereocenters. The summed E-state index contributed by atoms with van der Waals surface area (Å²) in [6.45, 7) is 0.550. The number of hydrogen-bond acceptors (Lipinski definition) is 5. The van der Waals surface area contributed by atoms with Crippen molar-refractivity contribution in [3.05, 3.63) is 53.9 Å². The quantitative estimate of drug-likeness (QED) is 0.781. The smallest absolute Gasteiger partial charge is 0.246 e. The van der Waals surface area contributed by atoms with Crippen LogP contribution in [0.4, 0.5) is 5.95 Å². The molecule has 0 saturated carbocycles. The minimum Gasteiger partial charge on any atom is -0.488 e. The number of hydrogen-bond donors (Lipinski definition) is 0. The summed E-state index contributed by atoms with van der Waals surface area (Å²) in [5.74, 6) is 1.48. The van der Waals surface area contributed by atoms with Crippen molar-refractivity contribution < 1.29 is 9.53 Å². The van der Waals surface area contributed by atoms with Gasteiger partial charge in [-0.15, -0.1) is 0 Å². The summed E-state index contributed by atoms with van der Waals surface area (Å²) >= 11 is 0. The zero-order valence-corrected chi connectivity index (χ0v) is 14.7. The lowest BCUT2D eigenvalue weighted by Crippen LogP contribution is -2.35. The molecule has 25 heavy (non-hydrogen) atoms. The third kappa shape index (κ3) is 4.15. The predicted octanol–water partition coefficient (Wildman–Crippen LogP) is 2.02. The van der Waals surface area contributed by atoms with E-state index in [0.29, 0.717) is 12.5 Å². The molecule has 6 heteroatoms. The van der Waals surface area contributed by atoms with Gasteiger partial charge in [-0.1, -0.05) is 18.2 Å². The predicted molar refractivity (Wildman–Crippen MR) is 97.6 cm³/mol. The molecule has 2 aromatic rings. The van der Waals surface area contributed by atoms with E-state index in [1.54, 1.807) is 30.4 Å². The van der Waals surface area contributed by atoms with Crippen LogP contribution >= 0.6 is 0 Å². The molecule has 130 valence electrons. The molecule has 1 aromatic carbocycles. The maximum absolute atomic E-state index is 12.3. The number of carbonyl (C=O) groups is 1. The monoisotopic (exact) mass is 338 g/mol. The number of benzene rings is 1. The van der Waals surface area contributed by atoms with Gasteiger partial charge < -0.3 is 14.5 Å². The lowest BCUT2D eigenvalue weighted by Gasteiger charge is -2.19. The van der Waals surface area contributed by atoms with E-state index < -0.39 is 0 Å². The fourth-order valence-electron chi connectivity index (χ4n) is 2.69. The number of ether oxygens (including phenoxy) is 1. The molecule has 0 spiro atoms. The van der Waals surface area contributed by atoms with E-state index in [0.717, 1.165) is 17.7 Å². The molecule has 0 aliphatic carbocycles. The Balaban J connectivity index is 1.54. The highest BCUT2D eigenvalue weighted by Gasteiger charge is 2.24. The van der Waals surface area contributed by atoms with Gasteiger partial charge in [0.1, 0.15) is 11.9 Å². The van der Waals surface area contributed by atoms with Gasteiger partial charge in [0.15, 0.2) is 0 Å². The fourth-order valence-corrected chi connectivity index (χ4v) is 2.69. The van der Waals surface area contributed by atoms with Gasteiger partial charge in [0, 0.05) is 51.6 Å². The van der Waals surface area contributed by atoms with Crippen LogP contribution in [-0.2, 0) is 11.2 Å². The lowest BCUT2D eigenvalue weighted by atomic mass is 10.1. The minimum atomic E-state index is -0.0729. The number of likely N-dealkylation sites (N-methyl/N-ethyl adjacent to an activating group) is 1. The van der Waals surface area contributed by atoms with Crippen LogP contribution in [0.15, 0.2) is 42.7 Å². The Bertz CT molecular complexity index is 746. The fraction of sp³-hybridized carbons (Fsp3) is 0.316. The molecule has 0 N–H and O–H groups in total. The molecule has 0 bridgehead atoms. The van der Waals surface area contributed by atoms with Gasteiger partial charge in [-0.3, -0.25) is 4.79 Å². The summed E-state index contributed by atoms with van der Waals surface area (Å²) in [5, 5.41) is 0. The molecule has 2 heterocycles. The molecule has 1 atom stereocenters. The maximum atomic E-state index is 12.3. The van der Waals surface area contributed by atoms with Crippen LogP contribution in [0.1, 0.15) is 11.1 Å². The Morgan fingerprint density at radius 2 is 1.96 bits per heavy atom. The molecular weight excluding hydrogens is 316 g/mol. The topological polar surface area (TPSA) is 58.6 Å². The van der Waals surface area contributed by atoms with Crippen molar-refractivity contribution in [3.8, 4) is 5.75 Å². The van der Waals surface area contributed by atoms with Crippen LogP contribution in [0.2, 0.25) is 0 Å². The Morgan fingerprint density at radius 3 is 2.64 bits per heavy atom. The van der Waals surface area contributed by atoms with E-state index >= 15 is 0 Å². The van der Waals surface area contributed by atoms with Crippen molar-refractivity contribution in [1.29, 1.82) is 0 Å². The highest BCUT2D eigenvalue weighted by Crippen LogP contribution is 2.28. The van der Waals surface area contributed by atoms with Crippen LogP contribution in [0.3, 0.4) is 0 Å². The second-order valence-electron chi connectivity index (χ2n) is 6.31. The summed E-state index contributed by atoms with van der Waals surface area (Å²) in [6, 6.07) is 8.00. The first-order valence-corrected chi connectivity index (χ1v) is 8.20. The Morgan fingerprint density at radius 1 is 1.24 bits per heavy atom. The van der Waals surface area contributed by atoms with Crippen molar-refractivity contribution in [2.75, 3.05) is 32.6 Å². The summed E-state index contributed by atoms with van der Waals surface area (Å²) in [4.78, 5) is 24.2. The standard InChI is InChI=1S/C19H22N4O2/c1-22(2)19-20-11-14(12-21-19)8-9-18(24)23(3)13-16-10-15-6-4-5-7-17(15)25-16/h4-9,11-12,16H,10,13H2,1-3H3/b9-8+. The van der Waals surface area contributed by atoms with E-state index in [4.69, 9.17) is 4.74 Å². The number of anilines is 1. The number of rotatable bonds is 5. The first kappa shape index (κ1) is 17.0. The van der Waals surface area contributed by atoms with Crippen LogP contribution in [0.25, 0.3) is 6.08 Å². The second-order valence-corrected chi connectivity index (χ2v) is 6.31. The zero-order valence-electron chi connectivity index (χ0n) is 14.7. The van der Waals surface area contributed by atoms with Gasteiger partial charge in [-0.2, -0.15) is 0 Å². The number of carbonyl (C=O) groups excluding carboxylic acids is 1. The molecule has 6 nitrogen and oxygen atoms in total. The van der Waals surface area contributed by atoms with Gasteiger partial charge >= 0.3 is 0 Å². The normalized spacial score (nSPS) is 15.7. The third-order valence-electron chi connectivity index (χ3n) is 4.04. The van der Waals surface area contributed by atoms with Crippen LogP contribution < -0.4 is 9.64 Å². The molecule has 1 amide bonds. The van der Waals surface area contributed by atoms with E-state index in [-0.39, 0.29) is 12.0 Å². The molecule has 0 saturated heterocycles. The number of fused-ring (bicyclic) bond motifs is 1. The largest absolute Gasteiger partial charge is 0.488 e. The van der Waals surface area contributed by atoms with Crippen LogP contribution in [0.5, 0.6) is 5.75 Å². The number of aromatic nitrogens is 2. The molecule has 3 rings (SSSR count). The van der Waals surface area contributed by atoms with Gasteiger partial charge in [-0.25, -0.2) is 9.97 Å². The SMILES string of the molecule is CN(CC1Cc2ccccc2O1)C(=O)/C=C/c1cnc(N(C)C)nc1. The summed E-state index contributed by atoms with van der Waals surface area (Å²) < 4.78 is 5.88. The Hall–Kier alpha value is -2.89. The third-order valence-corrected chi connectivity index (χ3v) is 4.04. The van der Waals surface area contributed by atoms with E-state index in [1.165, 1.54) is 11.6 Å². The minimum absolute atomic E-state index is 0.00228. The zero-order chi connectivity index (χ0) is 17.8. The van der Waals surface area contributed by atoms with Gasteiger partial charge in [0.25, 0.3) is 0 Å². The van der Waals surface area contributed by atoms with Crippen LogP contribution in [-0.4, -0.2) is 54.6 Å². The summed E-state index contributed by atoms with van der Waals surface area (Å²) in [5.41, 5.74) is 1.99. The average molecular weight is 338 g/mol. The average Bonchev–Trinajstić information content (AvgIpc) is 3.02. The first-order chi connectivity index (χ1) is 12.0. The molecule has 1 aromatic heterocycles. The molecular formula is C19H22N4O2. The number of nitrogens with zero attached hydrogens (tertiary/aromatic N) is 4. The maximum Gasteiger partial charge on any atom is 0.246 e. The van der Waals surface area contributed by atoms with E-state index in [9.17, 15) is 4.79 Å². The van der Waals surface area contributed by atoms with Crippen molar-refractivity contribution >= 4 is 17.9 Å². The summed E-state index contributed by atoms with van der Waals surface area (Å²) in [7, 11) is 5.55. The van der Waals surface area contributed by atoms with E-state index in [1.807, 2.05) is 37.2 Å². The number of para-hydroxylation sites is 1. The molecule has 0 fully saturated rings. The Kier molecular flexibility index (Phi) is 4.97. The van der Waals surface area contributed by atoms with E-state index in [2.05, 4.69) is 16.0 Å². The van der Waals surface area contributed by atoms with Crippen molar-refractivity contribution in [2.45, 2.75) is 12.5 Å². The van der Waals surface area contributed by atoms with Crippen LogP contribution in [0, 0.1) is 0 Å². The lowest BCUT2D eigenvalue weighted by molar-refractivity contribution is -0.125. The highest BCUT2D eigenvalue weighted by molar-refractivity contribution is 5.91. The highest BCUT2D eigenvalue weighted by atomic mass is 16.5. The van der Waals surface area contributed by atoms with Gasteiger partial charge in [0.05, 0.1) is 6.54 Å². The van der Waals surface area contributed by atoms with Gasteiger partial charge in [0.2, 0.25) is 11.9 Å². The molecule has 1 aliphatic rings. The van der Waals surface area contributed by atoms with Crippen molar-refractivity contribution in [3.63, 3.8) is 0 Å². The Labute approximate surface area is 147 Å². The summed E-state index contributed by atoms with van der Waals surface area (Å²) in [6.07, 6.45) is 7.49. The first-order valence-electron chi connectivity index (χ1n) is 8.20. The van der Waals surface area contributed by atoms with Gasteiger partial charge in [-0.05, 0) is 17.7 Å². The molecule has 1 aliphatic heterocycles. The van der Waals surface area contributed by atoms with Crippen molar-refractivity contribution in [2.24, 2.45) is 0 Å². The molecule has 0 radical (unpaired) electrons. The van der Waals surface area contributed by atoms with Crippen molar-refractivity contribution in [1.82, 2.24) is 14.9 Å². The number of amides is 1.